The zero-order chi connectivity index (χ0) is 8.43. The molecule has 0 bridgehead atoms. The van der Waals surface area contributed by atoms with Crippen molar-refractivity contribution in [2.75, 3.05) is 0 Å². The van der Waals surface area contributed by atoms with Gasteiger partial charge in [0, 0.05) is 5.92 Å². The average molecular weight is 154 g/mol. The SMILES string of the molecule is CC(=O)C1CCC(C(C)C)C1. The molecule has 1 heteroatoms. The molecule has 0 N–H and O–H groups in total. The molecule has 2 unspecified atom stereocenters. The Balaban J connectivity index is 2.41. The molecular weight excluding hydrogens is 136 g/mol. The summed E-state index contributed by atoms with van der Waals surface area (Å²) in [5.74, 6) is 2.36. The summed E-state index contributed by atoms with van der Waals surface area (Å²) >= 11 is 0. The van der Waals surface area contributed by atoms with Crippen molar-refractivity contribution in [3.05, 3.63) is 0 Å². The number of hydrogen-bond acceptors (Lipinski definition) is 1. The second kappa shape index (κ2) is 3.38. The van der Waals surface area contributed by atoms with Crippen LogP contribution in [0.1, 0.15) is 40.0 Å². The summed E-state index contributed by atoms with van der Waals surface area (Å²) in [6.45, 7) is 6.24. The van der Waals surface area contributed by atoms with Crippen molar-refractivity contribution in [1.82, 2.24) is 0 Å². The lowest BCUT2D eigenvalue weighted by atomic mass is 9.93. The maximum absolute atomic E-state index is 11.0. The highest BCUT2D eigenvalue weighted by molar-refractivity contribution is 5.78. The molecule has 0 amide bonds. The van der Waals surface area contributed by atoms with Gasteiger partial charge in [-0.05, 0) is 38.0 Å². The summed E-state index contributed by atoms with van der Waals surface area (Å²) in [5, 5.41) is 0. The van der Waals surface area contributed by atoms with Gasteiger partial charge in [-0.3, -0.25) is 4.79 Å². The number of carbonyl (C=O) groups excluding carboxylic acids is 1. The van der Waals surface area contributed by atoms with E-state index in [2.05, 4.69) is 13.8 Å². The highest BCUT2D eigenvalue weighted by Gasteiger charge is 2.28. The van der Waals surface area contributed by atoms with Gasteiger partial charge in [-0.2, -0.15) is 0 Å². The lowest BCUT2D eigenvalue weighted by molar-refractivity contribution is -0.120. The van der Waals surface area contributed by atoms with Gasteiger partial charge in [-0.25, -0.2) is 0 Å². The Labute approximate surface area is 69.2 Å². The first-order valence-electron chi connectivity index (χ1n) is 4.61. The Kier molecular flexibility index (Phi) is 2.69. The molecule has 2 atom stereocenters. The number of ketones is 1. The number of hydrogen-bond donors (Lipinski definition) is 0. The van der Waals surface area contributed by atoms with Crippen LogP contribution < -0.4 is 0 Å². The Hall–Kier alpha value is -0.330. The van der Waals surface area contributed by atoms with Gasteiger partial charge in [0.05, 0.1) is 0 Å². The molecule has 0 aromatic rings. The molecule has 1 saturated carbocycles. The number of Topliss-reactive ketones (excluding diaryl/α,β-unsaturated/α-hetero) is 1. The predicted octanol–water partition coefficient (Wildman–Crippen LogP) is 2.65. The Morgan fingerprint density at radius 3 is 2.27 bits per heavy atom. The molecule has 1 fully saturated rings. The fourth-order valence-corrected chi connectivity index (χ4v) is 1.99. The molecule has 0 aromatic carbocycles. The quantitative estimate of drug-likeness (QED) is 0.597. The van der Waals surface area contributed by atoms with E-state index in [0.29, 0.717) is 11.7 Å². The molecule has 0 spiro atoms. The van der Waals surface area contributed by atoms with E-state index in [1.54, 1.807) is 6.92 Å². The van der Waals surface area contributed by atoms with Crippen molar-refractivity contribution in [2.45, 2.75) is 40.0 Å². The standard InChI is InChI=1S/C10H18O/c1-7(2)9-4-5-10(6-9)8(3)11/h7,9-10H,4-6H2,1-3H3. The first-order chi connectivity index (χ1) is 5.11. The summed E-state index contributed by atoms with van der Waals surface area (Å²) in [4.78, 5) is 11.0. The van der Waals surface area contributed by atoms with Crippen molar-refractivity contribution < 1.29 is 4.79 Å². The monoisotopic (exact) mass is 154 g/mol. The average Bonchev–Trinajstić information content (AvgIpc) is 2.33. The van der Waals surface area contributed by atoms with Gasteiger partial charge in [0.2, 0.25) is 0 Å². The van der Waals surface area contributed by atoms with Crippen LogP contribution in [0.3, 0.4) is 0 Å². The zero-order valence-corrected chi connectivity index (χ0v) is 7.76. The fourth-order valence-electron chi connectivity index (χ4n) is 1.99. The van der Waals surface area contributed by atoms with E-state index in [9.17, 15) is 4.79 Å². The van der Waals surface area contributed by atoms with Crippen LogP contribution in [0.25, 0.3) is 0 Å². The molecule has 64 valence electrons. The highest BCUT2D eigenvalue weighted by atomic mass is 16.1. The van der Waals surface area contributed by atoms with Gasteiger partial charge in [0.15, 0.2) is 0 Å². The largest absolute Gasteiger partial charge is 0.300 e. The summed E-state index contributed by atoms with van der Waals surface area (Å²) in [5.41, 5.74) is 0. The van der Waals surface area contributed by atoms with Crippen molar-refractivity contribution >= 4 is 5.78 Å². The van der Waals surface area contributed by atoms with Crippen LogP contribution in [0.15, 0.2) is 0 Å². The minimum Gasteiger partial charge on any atom is -0.300 e. The number of rotatable bonds is 2. The Bertz CT molecular complexity index is 149. The lowest BCUT2D eigenvalue weighted by Crippen LogP contribution is -2.08. The van der Waals surface area contributed by atoms with E-state index in [4.69, 9.17) is 0 Å². The molecule has 0 aliphatic heterocycles. The predicted molar refractivity (Wildman–Crippen MR) is 46.4 cm³/mol. The molecule has 1 nitrogen and oxygen atoms in total. The van der Waals surface area contributed by atoms with Crippen LogP contribution in [0, 0.1) is 17.8 Å². The molecule has 0 aromatic heterocycles. The second-order valence-corrected chi connectivity index (χ2v) is 4.12. The summed E-state index contributed by atoms with van der Waals surface area (Å²) in [6.07, 6.45) is 3.55. The van der Waals surface area contributed by atoms with Crippen LogP contribution >= 0.6 is 0 Å². The van der Waals surface area contributed by atoms with Gasteiger partial charge in [-0.15, -0.1) is 0 Å². The topological polar surface area (TPSA) is 17.1 Å². The molecule has 1 aliphatic rings. The van der Waals surface area contributed by atoms with E-state index < -0.39 is 0 Å². The second-order valence-electron chi connectivity index (χ2n) is 4.12. The normalized spacial score (nSPS) is 31.3. The van der Waals surface area contributed by atoms with E-state index >= 15 is 0 Å². The van der Waals surface area contributed by atoms with Crippen LogP contribution in [0.2, 0.25) is 0 Å². The zero-order valence-electron chi connectivity index (χ0n) is 7.76. The van der Waals surface area contributed by atoms with Crippen LogP contribution in [-0.4, -0.2) is 5.78 Å². The van der Waals surface area contributed by atoms with E-state index in [1.807, 2.05) is 0 Å². The van der Waals surface area contributed by atoms with Crippen LogP contribution in [0.4, 0.5) is 0 Å². The Morgan fingerprint density at radius 1 is 1.36 bits per heavy atom. The van der Waals surface area contributed by atoms with Crippen molar-refractivity contribution in [3.8, 4) is 0 Å². The van der Waals surface area contributed by atoms with Crippen molar-refractivity contribution in [3.63, 3.8) is 0 Å². The van der Waals surface area contributed by atoms with Gasteiger partial charge >= 0.3 is 0 Å². The minimum atomic E-state index is 0.391. The maximum Gasteiger partial charge on any atom is 0.132 e. The maximum atomic E-state index is 11.0. The van der Waals surface area contributed by atoms with Crippen molar-refractivity contribution in [1.29, 1.82) is 0 Å². The first kappa shape index (κ1) is 8.76. The third kappa shape index (κ3) is 2.05. The molecule has 11 heavy (non-hydrogen) atoms. The third-order valence-corrected chi connectivity index (χ3v) is 2.99. The number of carbonyl (C=O) groups is 1. The lowest BCUT2D eigenvalue weighted by Gasteiger charge is -2.13. The van der Waals surface area contributed by atoms with E-state index in [0.717, 1.165) is 24.7 Å². The van der Waals surface area contributed by atoms with Crippen molar-refractivity contribution in [2.24, 2.45) is 17.8 Å². The summed E-state index contributed by atoms with van der Waals surface area (Å²) in [7, 11) is 0. The smallest absolute Gasteiger partial charge is 0.132 e. The van der Waals surface area contributed by atoms with Crippen LogP contribution in [0.5, 0.6) is 0 Å². The summed E-state index contributed by atoms with van der Waals surface area (Å²) in [6, 6.07) is 0. The van der Waals surface area contributed by atoms with Gasteiger partial charge in [0.25, 0.3) is 0 Å². The van der Waals surface area contributed by atoms with Gasteiger partial charge < -0.3 is 0 Å². The van der Waals surface area contributed by atoms with Gasteiger partial charge in [0.1, 0.15) is 5.78 Å². The van der Waals surface area contributed by atoms with E-state index in [1.165, 1.54) is 6.42 Å². The van der Waals surface area contributed by atoms with Gasteiger partial charge in [-0.1, -0.05) is 13.8 Å². The molecule has 1 rings (SSSR count). The minimum absolute atomic E-state index is 0.391. The van der Waals surface area contributed by atoms with Crippen LogP contribution in [-0.2, 0) is 4.79 Å². The summed E-state index contributed by atoms with van der Waals surface area (Å²) < 4.78 is 0. The Morgan fingerprint density at radius 2 is 2.00 bits per heavy atom. The fraction of sp³-hybridized carbons (Fsp3) is 0.900. The highest BCUT2D eigenvalue weighted by Crippen LogP contribution is 2.35. The first-order valence-corrected chi connectivity index (χ1v) is 4.61. The molecule has 0 saturated heterocycles. The third-order valence-electron chi connectivity index (χ3n) is 2.99. The molecule has 1 aliphatic carbocycles. The molecule has 0 radical (unpaired) electrons. The van der Waals surface area contributed by atoms with E-state index in [-0.39, 0.29) is 0 Å². The molecular formula is C10H18O. The molecule has 0 heterocycles.